The number of thiophene rings is 1. The Bertz CT molecular complexity index is 3940. The fourth-order valence-electron chi connectivity index (χ4n) is 11.7. The van der Waals surface area contributed by atoms with E-state index in [1.165, 1.54) is 109 Å². The van der Waals surface area contributed by atoms with E-state index in [2.05, 4.69) is 266 Å². The maximum Gasteiger partial charge on any atom is 0.0726 e. The molecule has 0 radical (unpaired) electrons. The predicted octanol–water partition coefficient (Wildman–Crippen LogP) is 18.5. The van der Waals surface area contributed by atoms with Gasteiger partial charge in [-0.25, -0.2) is 0 Å². The molecule has 2 heteroatoms. The SMILES string of the molecule is c1ccc(-c2cccc(-c3ccc(N(c4ccc(-c5cccc6c5sc5ccccc56)cc4)c4cccc5c4-c4ccccc4C54c5ccccc5-c5ccc(-c6ccccc6)cc54)cc3)c2)cc1. The number of nitrogens with zero attached hydrogens (tertiary/aromatic N) is 1. The highest BCUT2D eigenvalue weighted by Crippen LogP contribution is 2.65. The molecule has 1 unspecified atom stereocenters. The number of anilines is 3. The van der Waals surface area contributed by atoms with Crippen LogP contribution in [0.25, 0.3) is 86.9 Å². The third-order valence-corrected chi connectivity index (χ3v) is 15.9. The van der Waals surface area contributed by atoms with Gasteiger partial charge in [0.05, 0.1) is 11.1 Å². The van der Waals surface area contributed by atoms with Crippen LogP contribution in [-0.2, 0) is 5.41 Å². The summed E-state index contributed by atoms with van der Waals surface area (Å²) < 4.78 is 2.64. The van der Waals surface area contributed by atoms with Crippen molar-refractivity contribution in [2.75, 3.05) is 4.90 Å². The van der Waals surface area contributed by atoms with Gasteiger partial charge in [-0.2, -0.15) is 0 Å². The summed E-state index contributed by atoms with van der Waals surface area (Å²) in [6.07, 6.45) is 0. The lowest BCUT2D eigenvalue weighted by Crippen LogP contribution is -2.26. The highest BCUT2D eigenvalue weighted by atomic mass is 32.1. The van der Waals surface area contributed by atoms with E-state index in [9.17, 15) is 0 Å². The molecule has 0 saturated heterocycles. The van der Waals surface area contributed by atoms with Crippen LogP contribution < -0.4 is 4.90 Å². The van der Waals surface area contributed by atoms with E-state index in [1.807, 2.05) is 11.3 Å². The Hall–Kier alpha value is -8.56. The molecule has 0 N–H and O–H groups in total. The summed E-state index contributed by atoms with van der Waals surface area (Å²) in [7, 11) is 0. The van der Waals surface area contributed by atoms with Crippen LogP contribution >= 0.6 is 11.3 Å². The summed E-state index contributed by atoms with van der Waals surface area (Å²) in [5.41, 5.74) is 23.0. The fraction of sp³-hybridized carbons (Fsp3) is 0.0149. The van der Waals surface area contributed by atoms with E-state index in [4.69, 9.17) is 0 Å². The zero-order valence-electron chi connectivity index (χ0n) is 37.7. The zero-order chi connectivity index (χ0) is 45.5. The number of fused-ring (bicyclic) bond motifs is 13. The molecular formula is C67H43NS. The first-order chi connectivity index (χ1) is 34.2. The Morgan fingerprint density at radius 2 is 0.768 bits per heavy atom. The highest BCUT2D eigenvalue weighted by Gasteiger charge is 2.52. The van der Waals surface area contributed by atoms with Gasteiger partial charge in [-0.1, -0.05) is 212 Å². The van der Waals surface area contributed by atoms with Crippen molar-refractivity contribution in [2.45, 2.75) is 5.41 Å². The molecule has 12 aromatic rings. The summed E-state index contributed by atoms with van der Waals surface area (Å²) in [4.78, 5) is 2.49. The van der Waals surface area contributed by atoms with Crippen LogP contribution in [0.1, 0.15) is 22.3 Å². The van der Waals surface area contributed by atoms with Gasteiger partial charge in [0.2, 0.25) is 0 Å². The van der Waals surface area contributed by atoms with Crippen molar-refractivity contribution in [2.24, 2.45) is 0 Å². The molecule has 69 heavy (non-hydrogen) atoms. The second-order valence-electron chi connectivity index (χ2n) is 18.3. The van der Waals surface area contributed by atoms with Crippen molar-refractivity contribution in [3.63, 3.8) is 0 Å². The number of hydrogen-bond donors (Lipinski definition) is 0. The van der Waals surface area contributed by atoms with Crippen LogP contribution in [-0.4, -0.2) is 0 Å². The highest BCUT2D eigenvalue weighted by molar-refractivity contribution is 7.26. The summed E-state index contributed by atoms with van der Waals surface area (Å²) in [5.74, 6) is 0. The molecule has 322 valence electrons. The molecule has 0 aliphatic heterocycles. The van der Waals surface area contributed by atoms with Crippen molar-refractivity contribution < 1.29 is 0 Å². The zero-order valence-corrected chi connectivity index (χ0v) is 38.5. The second kappa shape index (κ2) is 15.8. The van der Waals surface area contributed by atoms with Gasteiger partial charge in [0.25, 0.3) is 0 Å². The van der Waals surface area contributed by atoms with E-state index < -0.39 is 5.41 Å². The molecule has 1 nitrogen and oxygen atoms in total. The molecule has 2 aliphatic rings. The van der Waals surface area contributed by atoms with Gasteiger partial charge in [0.1, 0.15) is 0 Å². The van der Waals surface area contributed by atoms with E-state index in [0.717, 1.165) is 17.1 Å². The van der Waals surface area contributed by atoms with Crippen LogP contribution in [0.4, 0.5) is 17.1 Å². The van der Waals surface area contributed by atoms with Crippen molar-refractivity contribution in [1.82, 2.24) is 0 Å². The van der Waals surface area contributed by atoms with Crippen molar-refractivity contribution >= 4 is 48.6 Å². The third kappa shape index (κ3) is 6.09. The summed E-state index contributed by atoms with van der Waals surface area (Å²) in [6.45, 7) is 0. The molecule has 11 aromatic carbocycles. The molecule has 1 heterocycles. The summed E-state index contributed by atoms with van der Waals surface area (Å²) in [5, 5.41) is 2.63. The van der Waals surface area contributed by atoms with Gasteiger partial charge < -0.3 is 4.90 Å². The van der Waals surface area contributed by atoms with Crippen LogP contribution in [0, 0.1) is 0 Å². The maximum atomic E-state index is 2.49. The Morgan fingerprint density at radius 3 is 1.49 bits per heavy atom. The van der Waals surface area contributed by atoms with E-state index >= 15 is 0 Å². The molecule has 14 rings (SSSR count). The van der Waals surface area contributed by atoms with Gasteiger partial charge in [0, 0.05) is 37.1 Å². The maximum absolute atomic E-state index is 2.49. The van der Waals surface area contributed by atoms with Crippen molar-refractivity contribution in [1.29, 1.82) is 0 Å². The lowest BCUT2D eigenvalue weighted by Gasteiger charge is -2.32. The largest absolute Gasteiger partial charge is 0.310 e. The smallest absolute Gasteiger partial charge is 0.0726 e. The molecule has 0 bridgehead atoms. The average Bonchev–Trinajstić information content (AvgIpc) is 4.06. The van der Waals surface area contributed by atoms with Gasteiger partial charge >= 0.3 is 0 Å². The Balaban J connectivity index is 0.967. The Kier molecular flexibility index (Phi) is 9.05. The average molecular weight is 894 g/mol. The Morgan fingerprint density at radius 1 is 0.290 bits per heavy atom. The van der Waals surface area contributed by atoms with Gasteiger partial charge in [-0.05, 0) is 132 Å². The van der Waals surface area contributed by atoms with Crippen LogP contribution in [0.3, 0.4) is 0 Å². The monoisotopic (exact) mass is 893 g/mol. The first kappa shape index (κ1) is 39.6. The first-order valence-electron chi connectivity index (χ1n) is 23.8. The summed E-state index contributed by atoms with van der Waals surface area (Å²) in [6, 6.07) is 96.8. The Labute approximate surface area is 406 Å². The third-order valence-electron chi connectivity index (χ3n) is 14.7. The molecule has 1 atom stereocenters. The van der Waals surface area contributed by atoms with Gasteiger partial charge in [0.15, 0.2) is 0 Å². The molecule has 2 aliphatic carbocycles. The van der Waals surface area contributed by atoms with Crippen LogP contribution in [0.5, 0.6) is 0 Å². The number of rotatable bonds is 7. The normalized spacial score (nSPS) is 14.1. The molecule has 1 aromatic heterocycles. The van der Waals surface area contributed by atoms with Crippen molar-refractivity contribution in [3.05, 3.63) is 283 Å². The summed E-state index contributed by atoms with van der Waals surface area (Å²) >= 11 is 1.88. The molecule has 1 spiro atoms. The lowest BCUT2D eigenvalue weighted by molar-refractivity contribution is 0.794. The van der Waals surface area contributed by atoms with E-state index in [-0.39, 0.29) is 0 Å². The van der Waals surface area contributed by atoms with E-state index in [0.29, 0.717) is 0 Å². The van der Waals surface area contributed by atoms with Gasteiger partial charge in [-0.3, -0.25) is 0 Å². The second-order valence-corrected chi connectivity index (χ2v) is 19.4. The minimum absolute atomic E-state index is 0.509. The van der Waals surface area contributed by atoms with Crippen molar-refractivity contribution in [3.8, 4) is 66.8 Å². The fourth-order valence-corrected chi connectivity index (χ4v) is 12.9. The quantitative estimate of drug-likeness (QED) is 0.154. The molecule has 0 amide bonds. The number of hydrogen-bond acceptors (Lipinski definition) is 2. The predicted molar refractivity (Wildman–Crippen MR) is 292 cm³/mol. The first-order valence-corrected chi connectivity index (χ1v) is 24.6. The molecule has 0 fully saturated rings. The molecule has 0 saturated carbocycles. The topological polar surface area (TPSA) is 3.24 Å². The van der Waals surface area contributed by atoms with Gasteiger partial charge in [-0.15, -0.1) is 11.3 Å². The van der Waals surface area contributed by atoms with Crippen LogP contribution in [0.15, 0.2) is 261 Å². The minimum atomic E-state index is -0.509. The number of benzene rings is 11. The lowest BCUT2D eigenvalue weighted by atomic mass is 9.70. The standard InChI is InChI=1S/C67H43NS/c1-3-16-44(17-4-1)48-20-13-21-49(42-48)46-32-37-51(38-33-46)68(52-39-34-47(35-40-52)53-25-14-26-57-56-23-9-12-31-64(56)69-66(53)57)63-30-15-29-61-65(63)58-24-8-11-28-60(58)67(61)59-27-10-7-22-54(59)55-41-36-50(43-62(55)67)45-18-5-2-6-19-45/h1-43H. The molecular weight excluding hydrogens is 851 g/mol. The van der Waals surface area contributed by atoms with E-state index in [1.54, 1.807) is 0 Å². The van der Waals surface area contributed by atoms with Crippen LogP contribution in [0.2, 0.25) is 0 Å². The minimum Gasteiger partial charge on any atom is -0.310 e.